The lowest BCUT2D eigenvalue weighted by Crippen LogP contribution is -2.23. The van der Waals surface area contributed by atoms with Gasteiger partial charge < -0.3 is 15.4 Å². The van der Waals surface area contributed by atoms with Crippen LogP contribution in [-0.4, -0.2) is 38.0 Å². The Morgan fingerprint density at radius 1 is 1.10 bits per heavy atom. The van der Waals surface area contributed by atoms with Crippen molar-refractivity contribution in [3.8, 4) is 0 Å². The molecule has 4 aromatic rings. The standard InChI is InChI=1S/C25H20ClF3N8O2/c1-14(39-13-15-5-3-2-4-6-15)22-18(12-32-20-10-19(26)36-37(20)22)35-24(38)34-16-9-17(25(27,28)29)21(33-11-16)23-30-7-8-31-23/h2-12,14,23H,13H2,1H3,(H2,34,35,38). The molecule has 3 aromatic heterocycles. The first-order chi connectivity index (χ1) is 18.7. The van der Waals surface area contributed by atoms with Gasteiger partial charge in [-0.1, -0.05) is 41.9 Å². The van der Waals surface area contributed by atoms with Crippen molar-refractivity contribution in [2.45, 2.75) is 32.0 Å². The summed E-state index contributed by atoms with van der Waals surface area (Å²) in [6.45, 7) is 2.04. The second-order valence-electron chi connectivity index (χ2n) is 8.44. The van der Waals surface area contributed by atoms with Crippen LogP contribution in [0.1, 0.15) is 41.7 Å². The molecule has 200 valence electrons. The van der Waals surface area contributed by atoms with Crippen LogP contribution in [0, 0.1) is 0 Å². The lowest BCUT2D eigenvalue weighted by Gasteiger charge is -2.19. The Kier molecular flexibility index (Phi) is 7.26. The van der Waals surface area contributed by atoms with E-state index >= 15 is 0 Å². The van der Waals surface area contributed by atoms with Crippen LogP contribution in [0.25, 0.3) is 5.65 Å². The smallest absolute Gasteiger partial charge is 0.367 e. The van der Waals surface area contributed by atoms with Gasteiger partial charge in [-0.3, -0.25) is 15.0 Å². The van der Waals surface area contributed by atoms with Crippen LogP contribution in [0.4, 0.5) is 29.3 Å². The number of aromatic nitrogens is 4. The first-order valence-corrected chi connectivity index (χ1v) is 12.0. The van der Waals surface area contributed by atoms with Crippen molar-refractivity contribution in [3.63, 3.8) is 0 Å². The third-order valence-corrected chi connectivity index (χ3v) is 5.90. The van der Waals surface area contributed by atoms with Gasteiger partial charge in [0.05, 0.1) is 53.4 Å². The summed E-state index contributed by atoms with van der Waals surface area (Å²) in [4.78, 5) is 28.7. The molecular weight excluding hydrogens is 537 g/mol. The fraction of sp³-hybridized carbons (Fsp3) is 0.200. The molecule has 10 nitrogen and oxygen atoms in total. The number of nitrogens with zero attached hydrogens (tertiary/aromatic N) is 6. The van der Waals surface area contributed by atoms with Gasteiger partial charge in [-0.2, -0.15) is 18.3 Å². The summed E-state index contributed by atoms with van der Waals surface area (Å²) in [5.74, 6) is 0. The predicted octanol–water partition coefficient (Wildman–Crippen LogP) is 5.87. The SMILES string of the molecule is CC(OCc1ccccc1)c1c(NC(=O)Nc2cnc(C3N=CC=N3)c(C(F)(F)F)c2)cnc2cc(Cl)nn12. The highest BCUT2D eigenvalue weighted by Gasteiger charge is 2.37. The van der Waals surface area contributed by atoms with Crippen LogP contribution < -0.4 is 10.6 Å². The van der Waals surface area contributed by atoms with Gasteiger partial charge >= 0.3 is 12.2 Å². The first kappa shape index (κ1) is 26.3. The molecule has 0 aliphatic carbocycles. The van der Waals surface area contributed by atoms with Crippen molar-refractivity contribution in [2.75, 3.05) is 10.6 Å². The maximum Gasteiger partial charge on any atom is 0.418 e. The van der Waals surface area contributed by atoms with E-state index in [0.29, 0.717) is 11.3 Å². The van der Waals surface area contributed by atoms with E-state index in [9.17, 15) is 18.0 Å². The third-order valence-electron chi connectivity index (χ3n) is 5.71. The number of nitrogens with one attached hydrogen (secondary N) is 2. The van der Waals surface area contributed by atoms with Crippen LogP contribution in [0.15, 0.2) is 64.8 Å². The highest BCUT2D eigenvalue weighted by molar-refractivity contribution is 6.29. The molecule has 39 heavy (non-hydrogen) atoms. The number of amides is 2. The number of anilines is 2. The lowest BCUT2D eigenvalue weighted by molar-refractivity contribution is -0.138. The quantitative estimate of drug-likeness (QED) is 0.295. The number of carbonyl (C=O) groups is 1. The molecule has 0 saturated heterocycles. The molecule has 1 unspecified atom stereocenters. The number of pyridine rings is 1. The molecule has 0 spiro atoms. The maximum atomic E-state index is 13.7. The van der Waals surface area contributed by atoms with E-state index in [1.165, 1.54) is 23.1 Å². The second kappa shape index (κ2) is 10.8. The molecule has 14 heteroatoms. The molecule has 2 N–H and O–H groups in total. The van der Waals surface area contributed by atoms with E-state index in [2.05, 4.69) is 35.7 Å². The van der Waals surface area contributed by atoms with Gasteiger partial charge in [-0.05, 0) is 18.6 Å². The fourth-order valence-electron chi connectivity index (χ4n) is 3.97. The van der Waals surface area contributed by atoms with Crippen molar-refractivity contribution >= 4 is 47.1 Å². The molecule has 1 aliphatic rings. The minimum Gasteiger partial charge on any atom is -0.367 e. The first-order valence-electron chi connectivity index (χ1n) is 11.6. The number of ether oxygens (including phenoxy) is 1. The number of halogens is 4. The Morgan fingerprint density at radius 3 is 2.56 bits per heavy atom. The zero-order chi connectivity index (χ0) is 27.6. The summed E-state index contributed by atoms with van der Waals surface area (Å²) < 4.78 is 48.7. The Balaban J connectivity index is 1.39. The molecule has 4 heterocycles. The predicted molar refractivity (Wildman–Crippen MR) is 139 cm³/mol. The average molecular weight is 557 g/mol. The Hall–Kier alpha value is -4.36. The van der Waals surface area contributed by atoms with Crippen molar-refractivity contribution in [1.82, 2.24) is 19.6 Å². The molecule has 0 saturated carbocycles. The lowest BCUT2D eigenvalue weighted by atomic mass is 10.1. The zero-order valence-corrected chi connectivity index (χ0v) is 21.0. The summed E-state index contributed by atoms with van der Waals surface area (Å²) >= 11 is 6.08. The average Bonchev–Trinajstić information content (AvgIpc) is 3.56. The number of aliphatic imine (C=N–C) groups is 2. The van der Waals surface area contributed by atoms with E-state index in [0.717, 1.165) is 17.8 Å². The van der Waals surface area contributed by atoms with E-state index in [1.807, 2.05) is 30.3 Å². The molecule has 2 amide bonds. The van der Waals surface area contributed by atoms with Crippen LogP contribution in [-0.2, 0) is 17.5 Å². The van der Waals surface area contributed by atoms with Gasteiger partial charge in [-0.15, -0.1) is 0 Å². The third kappa shape index (κ3) is 5.89. The molecule has 0 bridgehead atoms. The second-order valence-corrected chi connectivity index (χ2v) is 8.82. The molecular formula is C25H20ClF3N8O2. The monoisotopic (exact) mass is 556 g/mol. The number of urea groups is 1. The van der Waals surface area contributed by atoms with Gasteiger partial charge in [0.2, 0.25) is 0 Å². The Labute approximate surface area is 224 Å². The molecule has 1 aliphatic heterocycles. The molecule has 1 aromatic carbocycles. The van der Waals surface area contributed by atoms with Gasteiger partial charge in [0, 0.05) is 18.5 Å². The molecule has 0 radical (unpaired) electrons. The Morgan fingerprint density at radius 2 is 1.85 bits per heavy atom. The highest BCUT2D eigenvalue weighted by Crippen LogP contribution is 2.37. The fourth-order valence-corrected chi connectivity index (χ4v) is 4.14. The zero-order valence-electron chi connectivity index (χ0n) is 20.2. The normalized spacial score (nSPS) is 14.2. The number of benzene rings is 1. The number of hydrogen-bond acceptors (Lipinski definition) is 7. The van der Waals surface area contributed by atoms with Gasteiger partial charge in [-0.25, -0.2) is 14.3 Å². The minimum absolute atomic E-state index is 0.180. The molecule has 1 atom stereocenters. The number of fused-ring (bicyclic) bond motifs is 1. The number of carbonyl (C=O) groups excluding carboxylic acids is 1. The van der Waals surface area contributed by atoms with Gasteiger partial charge in [0.25, 0.3) is 0 Å². The minimum atomic E-state index is -4.74. The number of rotatable bonds is 7. The maximum absolute atomic E-state index is 13.7. The van der Waals surface area contributed by atoms with Crippen molar-refractivity contribution < 1.29 is 22.7 Å². The summed E-state index contributed by atoms with van der Waals surface area (Å²) in [6.07, 6.45) is -1.33. The van der Waals surface area contributed by atoms with Crippen LogP contribution in [0.2, 0.25) is 5.15 Å². The van der Waals surface area contributed by atoms with Crippen molar-refractivity contribution in [2.24, 2.45) is 9.98 Å². The van der Waals surface area contributed by atoms with Gasteiger partial charge in [0.15, 0.2) is 17.0 Å². The Bertz CT molecular complexity index is 1560. The number of hydrogen-bond donors (Lipinski definition) is 2. The molecule has 5 rings (SSSR count). The summed E-state index contributed by atoms with van der Waals surface area (Å²) in [7, 11) is 0. The van der Waals surface area contributed by atoms with E-state index in [-0.39, 0.29) is 28.8 Å². The topological polar surface area (TPSA) is 118 Å². The largest absolute Gasteiger partial charge is 0.418 e. The summed E-state index contributed by atoms with van der Waals surface area (Å²) in [5, 5.41) is 9.42. The van der Waals surface area contributed by atoms with E-state index in [4.69, 9.17) is 16.3 Å². The van der Waals surface area contributed by atoms with E-state index < -0.39 is 30.0 Å². The summed E-state index contributed by atoms with van der Waals surface area (Å²) in [6, 6.07) is 11.0. The van der Waals surface area contributed by atoms with E-state index in [1.54, 1.807) is 13.0 Å². The van der Waals surface area contributed by atoms with Crippen LogP contribution in [0.3, 0.4) is 0 Å². The van der Waals surface area contributed by atoms with Crippen molar-refractivity contribution in [3.05, 3.63) is 82.5 Å². The van der Waals surface area contributed by atoms with Gasteiger partial charge in [0.1, 0.15) is 0 Å². The van der Waals surface area contributed by atoms with Crippen LogP contribution in [0.5, 0.6) is 0 Å². The van der Waals surface area contributed by atoms with Crippen molar-refractivity contribution in [1.29, 1.82) is 0 Å². The highest BCUT2D eigenvalue weighted by atomic mass is 35.5. The molecule has 0 fully saturated rings. The van der Waals surface area contributed by atoms with Crippen LogP contribution >= 0.6 is 11.6 Å². The number of alkyl halides is 3. The summed E-state index contributed by atoms with van der Waals surface area (Å²) in [5.41, 5.74) is 0.402.